The number of hydrogen-bond donors (Lipinski definition) is 0. The van der Waals surface area contributed by atoms with Crippen LogP contribution < -0.4 is 4.74 Å². The van der Waals surface area contributed by atoms with Gasteiger partial charge >= 0.3 is 0 Å². The van der Waals surface area contributed by atoms with E-state index in [1.807, 2.05) is 31.2 Å². The second-order valence-corrected chi connectivity index (χ2v) is 9.78. The van der Waals surface area contributed by atoms with Gasteiger partial charge < -0.3 is 9.15 Å². The van der Waals surface area contributed by atoms with Crippen LogP contribution in [0.25, 0.3) is 0 Å². The molecule has 0 saturated heterocycles. The Hall–Kier alpha value is -1.74. The van der Waals surface area contributed by atoms with E-state index in [0.29, 0.717) is 16.7 Å². The molecule has 2 aromatic carbocycles. The van der Waals surface area contributed by atoms with Crippen LogP contribution >= 0.6 is 35.0 Å². The van der Waals surface area contributed by atoms with E-state index in [0.717, 1.165) is 17.3 Å². The standard InChI is InChI=1S/C18H16Cl2N2O4S2/c1-12-3-2-4-14(9-12)25-11-17-21-22-18(26-17)27-7-8-28(23,24)16-10-13(19)5-6-15(16)20/h2-6,9-10H,7-8,11H2,1H3. The maximum absolute atomic E-state index is 12.4. The van der Waals surface area contributed by atoms with Crippen molar-refractivity contribution in [2.45, 2.75) is 23.6 Å². The van der Waals surface area contributed by atoms with Crippen LogP contribution in [0.2, 0.25) is 10.0 Å². The Balaban J connectivity index is 1.53. The van der Waals surface area contributed by atoms with Crippen molar-refractivity contribution in [3.63, 3.8) is 0 Å². The molecule has 0 amide bonds. The summed E-state index contributed by atoms with van der Waals surface area (Å²) in [7, 11) is -3.58. The molecule has 0 unspecified atom stereocenters. The molecule has 0 aliphatic carbocycles. The molecule has 0 atom stereocenters. The third-order valence-corrected chi connectivity index (χ3v) is 7.11. The van der Waals surface area contributed by atoms with Crippen LogP contribution in [-0.2, 0) is 16.4 Å². The summed E-state index contributed by atoms with van der Waals surface area (Å²) >= 11 is 13.0. The average molecular weight is 459 g/mol. The molecular formula is C18H16Cl2N2O4S2. The number of thioether (sulfide) groups is 1. The van der Waals surface area contributed by atoms with E-state index in [4.69, 9.17) is 32.4 Å². The summed E-state index contributed by atoms with van der Waals surface area (Å²) in [5, 5.41) is 8.52. The van der Waals surface area contributed by atoms with E-state index in [1.54, 1.807) is 0 Å². The summed E-state index contributed by atoms with van der Waals surface area (Å²) in [5.74, 6) is 1.10. The minimum atomic E-state index is -3.58. The lowest BCUT2D eigenvalue weighted by Crippen LogP contribution is -2.09. The quantitative estimate of drug-likeness (QED) is 0.446. The van der Waals surface area contributed by atoms with Gasteiger partial charge in [0.25, 0.3) is 11.1 Å². The lowest BCUT2D eigenvalue weighted by atomic mass is 10.2. The van der Waals surface area contributed by atoms with Gasteiger partial charge in [0.2, 0.25) is 0 Å². The van der Waals surface area contributed by atoms with Crippen LogP contribution in [0.4, 0.5) is 0 Å². The number of hydrogen-bond acceptors (Lipinski definition) is 7. The van der Waals surface area contributed by atoms with Gasteiger partial charge in [0.1, 0.15) is 5.75 Å². The van der Waals surface area contributed by atoms with Gasteiger partial charge in [0.05, 0.1) is 15.7 Å². The smallest absolute Gasteiger partial charge is 0.276 e. The number of rotatable bonds is 8. The maximum Gasteiger partial charge on any atom is 0.276 e. The third kappa shape index (κ3) is 5.64. The zero-order valence-corrected chi connectivity index (χ0v) is 17.9. The minimum Gasteiger partial charge on any atom is -0.484 e. The fourth-order valence-electron chi connectivity index (χ4n) is 2.27. The highest BCUT2D eigenvalue weighted by molar-refractivity contribution is 8.00. The van der Waals surface area contributed by atoms with E-state index in [-0.39, 0.29) is 33.3 Å². The highest BCUT2D eigenvalue weighted by Crippen LogP contribution is 2.27. The van der Waals surface area contributed by atoms with Gasteiger partial charge in [-0.05, 0) is 42.8 Å². The molecule has 1 aromatic heterocycles. The summed E-state index contributed by atoms with van der Waals surface area (Å²) < 4.78 is 36.0. The van der Waals surface area contributed by atoms with Crippen molar-refractivity contribution in [1.82, 2.24) is 10.2 Å². The van der Waals surface area contributed by atoms with E-state index >= 15 is 0 Å². The lowest BCUT2D eigenvalue weighted by molar-refractivity contribution is 0.252. The highest BCUT2D eigenvalue weighted by atomic mass is 35.5. The monoisotopic (exact) mass is 458 g/mol. The SMILES string of the molecule is Cc1cccc(OCc2nnc(SCCS(=O)(=O)c3cc(Cl)ccc3Cl)o2)c1. The molecule has 148 valence electrons. The van der Waals surface area contributed by atoms with Crippen molar-refractivity contribution in [2.24, 2.45) is 0 Å². The molecule has 0 fully saturated rings. The first-order valence-corrected chi connectivity index (χ1v) is 11.6. The first-order chi connectivity index (χ1) is 13.3. The highest BCUT2D eigenvalue weighted by Gasteiger charge is 2.19. The summed E-state index contributed by atoms with van der Waals surface area (Å²) in [5.41, 5.74) is 1.08. The van der Waals surface area contributed by atoms with Gasteiger partial charge in [-0.3, -0.25) is 0 Å². The molecule has 0 saturated carbocycles. The number of sulfone groups is 1. The predicted molar refractivity (Wildman–Crippen MR) is 109 cm³/mol. The first kappa shape index (κ1) is 21.0. The van der Waals surface area contributed by atoms with Crippen molar-refractivity contribution in [2.75, 3.05) is 11.5 Å². The lowest BCUT2D eigenvalue weighted by Gasteiger charge is -2.06. The molecule has 0 N–H and O–H groups in total. The van der Waals surface area contributed by atoms with E-state index in [1.165, 1.54) is 18.2 Å². The second-order valence-electron chi connectivity index (χ2n) is 5.81. The molecule has 3 rings (SSSR count). The second kappa shape index (κ2) is 9.17. The van der Waals surface area contributed by atoms with Gasteiger partial charge in [-0.1, -0.05) is 47.1 Å². The predicted octanol–water partition coefficient (Wildman–Crippen LogP) is 4.83. The first-order valence-electron chi connectivity index (χ1n) is 8.16. The molecule has 1 heterocycles. The van der Waals surface area contributed by atoms with E-state index in [2.05, 4.69) is 10.2 Å². The summed E-state index contributed by atoms with van der Waals surface area (Å²) in [6.07, 6.45) is 0. The molecule has 0 spiro atoms. The normalized spacial score (nSPS) is 11.5. The summed E-state index contributed by atoms with van der Waals surface area (Å²) in [6, 6.07) is 11.9. The number of ether oxygens (including phenoxy) is 1. The Bertz CT molecular complexity index is 1070. The van der Waals surface area contributed by atoms with E-state index in [9.17, 15) is 8.42 Å². The molecule has 10 heteroatoms. The van der Waals surface area contributed by atoms with Gasteiger partial charge in [0, 0.05) is 10.8 Å². The van der Waals surface area contributed by atoms with Crippen molar-refractivity contribution < 1.29 is 17.6 Å². The Morgan fingerprint density at radius 2 is 1.96 bits per heavy atom. The average Bonchev–Trinajstić information content (AvgIpc) is 3.10. The zero-order valence-electron chi connectivity index (χ0n) is 14.8. The molecule has 6 nitrogen and oxygen atoms in total. The number of aryl methyl sites for hydroxylation is 1. The van der Waals surface area contributed by atoms with Crippen molar-refractivity contribution in [3.05, 3.63) is 64.0 Å². The van der Waals surface area contributed by atoms with Crippen LogP contribution in [0.1, 0.15) is 11.5 Å². The molecule has 0 aliphatic heterocycles. The number of halogens is 2. The Labute approximate surface area is 177 Å². The molecule has 0 radical (unpaired) electrons. The van der Waals surface area contributed by atoms with Gasteiger partial charge in [-0.25, -0.2) is 8.42 Å². The topological polar surface area (TPSA) is 82.3 Å². The fraction of sp³-hybridized carbons (Fsp3) is 0.222. The number of aromatic nitrogens is 2. The number of benzene rings is 2. The van der Waals surface area contributed by atoms with Crippen LogP contribution in [0.5, 0.6) is 5.75 Å². The Kier molecular flexibility index (Phi) is 6.87. The zero-order chi connectivity index (χ0) is 20.1. The molecule has 0 aliphatic rings. The van der Waals surface area contributed by atoms with Gasteiger partial charge in [-0.2, -0.15) is 0 Å². The van der Waals surface area contributed by atoms with Crippen molar-refractivity contribution in [3.8, 4) is 5.75 Å². The van der Waals surface area contributed by atoms with Crippen LogP contribution in [0.15, 0.2) is 57.0 Å². The summed E-state index contributed by atoms with van der Waals surface area (Å²) in [6.45, 7) is 2.10. The molecule has 3 aromatic rings. The largest absolute Gasteiger partial charge is 0.484 e. The van der Waals surface area contributed by atoms with Crippen LogP contribution in [-0.4, -0.2) is 30.1 Å². The summed E-state index contributed by atoms with van der Waals surface area (Å²) in [4.78, 5) is 0.0139. The Morgan fingerprint density at radius 3 is 2.75 bits per heavy atom. The van der Waals surface area contributed by atoms with Crippen LogP contribution in [0, 0.1) is 6.92 Å². The van der Waals surface area contributed by atoms with Gasteiger partial charge in [0.15, 0.2) is 16.4 Å². The van der Waals surface area contributed by atoms with Crippen LogP contribution in [0.3, 0.4) is 0 Å². The Morgan fingerprint density at radius 1 is 1.14 bits per heavy atom. The number of nitrogens with zero attached hydrogens (tertiary/aromatic N) is 2. The fourth-order valence-corrected chi connectivity index (χ4v) is 5.51. The van der Waals surface area contributed by atoms with Crippen molar-refractivity contribution >= 4 is 44.8 Å². The molecule has 0 bridgehead atoms. The third-order valence-electron chi connectivity index (χ3n) is 3.61. The van der Waals surface area contributed by atoms with Crippen molar-refractivity contribution in [1.29, 1.82) is 0 Å². The molecule has 28 heavy (non-hydrogen) atoms. The maximum atomic E-state index is 12.4. The molecular weight excluding hydrogens is 443 g/mol. The van der Waals surface area contributed by atoms with Gasteiger partial charge in [-0.15, -0.1) is 10.2 Å². The van der Waals surface area contributed by atoms with E-state index < -0.39 is 9.84 Å². The minimum absolute atomic E-state index is 0.0139.